The molecule has 106 valence electrons. The van der Waals surface area contributed by atoms with Crippen LogP contribution in [0.5, 0.6) is 0 Å². The molecule has 1 N–H and O–H groups in total. The van der Waals surface area contributed by atoms with Gasteiger partial charge in [0, 0.05) is 5.69 Å². The molecule has 1 heterocycles. The van der Waals surface area contributed by atoms with Crippen LogP contribution in [0, 0.1) is 6.92 Å². The molecule has 1 amide bonds. The third-order valence-corrected chi connectivity index (χ3v) is 4.66. The van der Waals surface area contributed by atoms with E-state index in [2.05, 4.69) is 21.2 Å². The number of nitrogens with one attached hydrogen (secondary N) is 1. The summed E-state index contributed by atoms with van der Waals surface area (Å²) in [5.41, 5.74) is 0.232. The van der Waals surface area contributed by atoms with Gasteiger partial charge in [0.25, 0.3) is 5.91 Å². The zero-order valence-corrected chi connectivity index (χ0v) is 12.6. The fourth-order valence-corrected chi connectivity index (χ4v) is 2.97. The summed E-state index contributed by atoms with van der Waals surface area (Å²) >= 11 is 4.53. The number of thiophene rings is 1. The number of alkyl halides is 3. The summed E-state index contributed by atoms with van der Waals surface area (Å²) in [5.74, 6) is -0.428. The second-order valence-electron chi connectivity index (χ2n) is 4.10. The Hall–Kier alpha value is -1.34. The Balaban J connectivity index is 2.20. The zero-order chi connectivity index (χ0) is 14.9. The van der Waals surface area contributed by atoms with Gasteiger partial charge in [-0.15, -0.1) is 11.3 Å². The molecule has 0 spiro atoms. The first kappa shape index (κ1) is 15.1. The molecule has 0 aliphatic rings. The molecule has 0 fully saturated rings. The van der Waals surface area contributed by atoms with E-state index in [1.807, 2.05) is 6.92 Å². The number of hydrogen-bond acceptors (Lipinski definition) is 2. The molecule has 7 heteroatoms. The summed E-state index contributed by atoms with van der Waals surface area (Å²) in [7, 11) is 0. The summed E-state index contributed by atoms with van der Waals surface area (Å²) in [5, 5.41) is 2.46. The van der Waals surface area contributed by atoms with Crippen LogP contribution < -0.4 is 5.32 Å². The quantitative estimate of drug-likeness (QED) is 0.790. The number of halogens is 4. The molecular formula is C13H9BrF3NOS. The van der Waals surface area contributed by atoms with Crippen molar-refractivity contribution in [3.63, 3.8) is 0 Å². The summed E-state index contributed by atoms with van der Waals surface area (Å²) < 4.78 is 38.5. The van der Waals surface area contributed by atoms with Crippen molar-refractivity contribution < 1.29 is 18.0 Å². The van der Waals surface area contributed by atoms with Gasteiger partial charge < -0.3 is 5.32 Å². The third-order valence-electron chi connectivity index (χ3n) is 2.53. The maximum absolute atomic E-state index is 12.6. The van der Waals surface area contributed by atoms with Crippen LogP contribution in [0.2, 0.25) is 0 Å². The van der Waals surface area contributed by atoms with Gasteiger partial charge in [-0.05, 0) is 52.7 Å². The minimum absolute atomic E-state index is 0.118. The molecule has 0 radical (unpaired) electrons. The monoisotopic (exact) mass is 363 g/mol. The Labute approximate surface area is 125 Å². The van der Waals surface area contributed by atoms with Gasteiger partial charge in [0.15, 0.2) is 0 Å². The van der Waals surface area contributed by atoms with Crippen LogP contribution in [-0.2, 0) is 6.18 Å². The first-order chi connectivity index (χ1) is 9.27. The second-order valence-corrected chi connectivity index (χ2v) is 6.47. The van der Waals surface area contributed by atoms with Gasteiger partial charge in [-0.25, -0.2) is 0 Å². The minimum atomic E-state index is -4.43. The molecule has 2 nitrogen and oxygen atoms in total. The number of rotatable bonds is 2. The molecule has 0 atom stereocenters. The lowest BCUT2D eigenvalue weighted by Crippen LogP contribution is -2.11. The van der Waals surface area contributed by atoms with Crippen LogP contribution >= 0.6 is 27.3 Å². The van der Waals surface area contributed by atoms with E-state index in [-0.39, 0.29) is 5.69 Å². The lowest BCUT2D eigenvalue weighted by atomic mass is 10.2. The average Bonchev–Trinajstić information content (AvgIpc) is 2.69. The van der Waals surface area contributed by atoms with Crippen LogP contribution in [0.1, 0.15) is 20.8 Å². The largest absolute Gasteiger partial charge is 0.416 e. The first-order valence-electron chi connectivity index (χ1n) is 5.52. The zero-order valence-electron chi connectivity index (χ0n) is 10.2. The molecule has 1 aromatic heterocycles. The number of benzene rings is 1. The van der Waals surface area contributed by atoms with Crippen molar-refractivity contribution in [3.05, 3.63) is 50.1 Å². The lowest BCUT2D eigenvalue weighted by Gasteiger charge is -2.09. The number of carbonyl (C=O) groups excluding carboxylic acids is 1. The van der Waals surface area contributed by atoms with Gasteiger partial charge in [0.05, 0.1) is 14.2 Å². The Kier molecular flexibility index (Phi) is 4.19. The maximum atomic E-state index is 12.6. The highest BCUT2D eigenvalue weighted by atomic mass is 79.9. The van der Waals surface area contributed by atoms with E-state index >= 15 is 0 Å². The predicted molar refractivity (Wildman–Crippen MR) is 76.2 cm³/mol. The third kappa shape index (κ3) is 3.40. The molecule has 2 aromatic rings. The first-order valence-corrected chi connectivity index (χ1v) is 7.13. The molecule has 0 bridgehead atoms. The molecule has 0 aliphatic carbocycles. The number of anilines is 1. The van der Waals surface area contributed by atoms with Crippen LogP contribution in [0.3, 0.4) is 0 Å². The van der Waals surface area contributed by atoms with Crippen LogP contribution in [0.15, 0.2) is 34.1 Å². The van der Waals surface area contributed by atoms with E-state index in [0.717, 1.165) is 21.5 Å². The molecule has 1 aromatic carbocycles. The van der Waals surface area contributed by atoms with Crippen molar-refractivity contribution in [3.8, 4) is 0 Å². The van der Waals surface area contributed by atoms with Crippen molar-refractivity contribution in [1.29, 1.82) is 0 Å². The summed E-state index contributed by atoms with van der Waals surface area (Å²) in [6.45, 7) is 1.83. The van der Waals surface area contributed by atoms with Crippen LogP contribution in [0.4, 0.5) is 18.9 Å². The van der Waals surface area contributed by atoms with E-state index < -0.39 is 17.6 Å². The lowest BCUT2D eigenvalue weighted by molar-refractivity contribution is -0.137. The van der Waals surface area contributed by atoms with Crippen molar-refractivity contribution in [1.82, 2.24) is 0 Å². The van der Waals surface area contributed by atoms with E-state index in [1.165, 1.54) is 23.5 Å². The normalized spacial score (nSPS) is 11.4. The Bertz CT molecular complexity index is 632. The highest BCUT2D eigenvalue weighted by molar-refractivity contribution is 9.11. The summed E-state index contributed by atoms with van der Waals surface area (Å²) in [6.07, 6.45) is -4.43. The van der Waals surface area contributed by atoms with Crippen molar-refractivity contribution in [2.45, 2.75) is 13.1 Å². The highest BCUT2D eigenvalue weighted by Crippen LogP contribution is 2.31. The number of hydrogen-bond donors (Lipinski definition) is 1. The van der Waals surface area contributed by atoms with Crippen molar-refractivity contribution in [2.24, 2.45) is 0 Å². The van der Waals surface area contributed by atoms with E-state index in [0.29, 0.717) is 4.88 Å². The summed E-state index contributed by atoms with van der Waals surface area (Å²) in [4.78, 5) is 12.4. The van der Waals surface area contributed by atoms with E-state index in [1.54, 1.807) is 6.07 Å². The van der Waals surface area contributed by atoms with E-state index in [4.69, 9.17) is 0 Å². The predicted octanol–water partition coefficient (Wildman–Crippen LogP) is 5.09. The number of carbonyl (C=O) groups is 1. The van der Waals surface area contributed by atoms with Gasteiger partial charge in [-0.3, -0.25) is 4.79 Å². The number of amides is 1. The standard InChI is InChI=1S/C13H9BrF3NOS/c1-7-5-10(20-11(7)14)12(19)18-9-4-2-3-8(6-9)13(15,16)17/h2-6H,1H3,(H,18,19). The average molecular weight is 364 g/mol. The topological polar surface area (TPSA) is 29.1 Å². The molecule has 2 rings (SSSR count). The molecule has 0 unspecified atom stereocenters. The van der Waals surface area contributed by atoms with Crippen molar-refractivity contribution in [2.75, 3.05) is 5.32 Å². The second kappa shape index (κ2) is 5.57. The Morgan fingerprint density at radius 3 is 2.55 bits per heavy atom. The Morgan fingerprint density at radius 2 is 2.00 bits per heavy atom. The van der Waals surface area contributed by atoms with E-state index in [9.17, 15) is 18.0 Å². The highest BCUT2D eigenvalue weighted by Gasteiger charge is 2.30. The maximum Gasteiger partial charge on any atom is 0.416 e. The summed E-state index contributed by atoms with van der Waals surface area (Å²) in [6, 6.07) is 6.23. The van der Waals surface area contributed by atoms with Crippen LogP contribution in [0.25, 0.3) is 0 Å². The van der Waals surface area contributed by atoms with Crippen LogP contribution in [-0.4, -0.2) is 5.91 Å². The van der Waals surface area contributed by atoms with Gasteiger partial charge in [-0.2, -0.15) is 13.2 Å². The minimum Gasteiger partial charge on any atom is -0.321 e. The molecule has 20 heavy (non-hydrogen) atoms. The molecular weight excluding hydrogens is 355 g/mol. The van der Waals surface area contributed by atoms with Gasteiger partial charge in [-0.1, -0.05) is 6.07 Å². The smallest absolute Gasteiger partial charge is 0.321 e. The van der Waals surface area contributed by atoms with Gasteiger partial charge in [0.1, 0.15) is 0 Å². The fourth-order valence-electron chi connectivity index (χ4n) is 1.54. The van der Waals surface area contributed by atoms with Gasteiger partial charge in [0.2, 0.25) is 0 Å². The number of aryl methyl sites for hydroxylation is 1. The van der Waals surface area contributed by atoms with Gasteiger partial charge >= 0.3 is 6.18 Å². The Morgan fingerprint density at radius 1 is 1.30 bits per heavy atom. The molecule has 0 saturated carbocycles. The fraction of sp³-hybridized carbons (Fsp3) is 0.154. The SMILES string of the molecule is Cc1cc(C(=O)Nc2cccc(C(F)(F)F)c2)sc1Br. The molecule has 0 saturated heterocycles. The molecule has 0 aliphatic heterocycles. The van der Waals surface area contributed by atoms with Crippen molar-refractivity contribution >= 4 is 38.9 Å².